The van der Waals surface area contributed by atoms with Crippen LogP contribution in [0.25, 0.3) is 0 Å². The number of ether oxygens (including phenoxy) is 2. The van der Waals surface area contributed by atoms with Crippen LogP contribution >= 0.6 is 0 Å². The number of pyridine rings is 1. The van der Waals surface area contributed by atoms with Crippen LogP contribution < -0.4 is 4.74 Å². The third-order valence-electron chi connectivity index (χ3n) is 4.61. The lowest BCUT2D eigenvalue weighted by atomic mass is 9.66. The Hall–Kier alpha value is -1.60. The zero-order valence-corrected chi connectivity index (χ0v) is 14.6. The molecule has 1 unspecified atom stereocenters. The van der Waals surface area contributed by atoms with E-state index < -0.39 is 18.3 Å². The lowest BCUT2D eigenvalue weighted by Gasteiger charge is -2.32. The van der Waals surface area contributed by atoms with Crippen LogP contribution in [0.1, 0.15) is 45.5 Å². The molecule has 0 bridgehead atoms. The first-order valence-corrected chi connectivity index (χ1v) is 7.61. The molecule has 1 aromatic heterocycles. The highest BCUT2D eigenvalue weighted by molar-refractivity contribution is 6.48. The molecular weight excluding hydrogens is 297 g/mol. The number of methoxy groups -OCH3 is 2. The van der Waals surface area contributed by atoms with Crippen LogP contribution in [0.2, 0.25) is 0 Å². The van der Waals surface area contributed by atoms with Crippen LogP contribution in [0.5, 0.6) is 5.75 Å². The van der Waals surface area contributed by atoms with Gasteiger partial charge in [0.2, 0.25) is 0 Å². The van der Waals surface area contributed by atoms with E-state index in [9.17, 15) is 4.79 Å². The largest absolute Gasteiger partial charge is 0.495 e. The number of aromatic nitrogens is 1. The van der Waals surface area contributed by atoms with Crippen molar-refractivity contribution in [1.82, 2.24) is 4.98 Å². The summed E-state index contributed by atoms with van der Waals surface area (Å²) in [5.41, 5.74) is -0.135. The second kappa shape index (κ2) is 6.49. The van der Waals surface area contributed by atoms with Crippen molar-refractivity contribution < 1.29 is 23.6 Å². The van der Waals surface area contributed by atoms with Gasteiger partial charge in [-0.25, -0.2) is 0 Å². The highest BCUT2D eigenvalue weighted by atomic mass is 16.7. The van der Waals surface area contributed by atoms with Gasteiger partial charge in [0.1, 0.15) is 5.75 Å². The number of carbonyl (C=O) groups excluding carboxylic acids is 1. The Morgan fingerprint density at radius 3 is 2.35 bits per heavy atom. The second-order valence-electron chi connectivity index (χ2n) is 6.67. The summed E-state index contributed by atoms with van der Waals surface area (Å²) in [6.07, 6.45) is 3.45. The number of nitrogens with zero attached hydrogens (tertiary/aromatic N) is 1. The molecule has 0 spiro atoms. The van der Waals surface area contributed by atoms with Gasteiger partial charge < -0.3 is 18.8 Å². The van der Waals surface area contributed by atoms with Crippen molar-refractivity contribution in [2.24, 2.45) is 0 Å². The lowest BCUT2D eigenvalue weighted by Crippen LogP contribution is -2.41. The van der Waals surface area contributed by atoms with Gasteiger partial charge in [0, 0.05) is 12.0 Å². The molecule has 0 saturated carbocycles. The van der Waals surface area contributed by atoms with Crippen molar-refractivity contribution in [2.75, 3.05) is 14.2 Å². The fourth-order valence-electron chi connectivity index (χ4n) is 2.44. The first kappa shape index (κ1) is 17.8. The molecule has 23 heavy (non-hydrogen) atoms. The minimum Gasteiger partial charge on any atom is -0.495 e. The maximum absolute atomic E-state index is 11.8. The normalized spacial score (nSPS) is 20.2. The van der Waals surface area contributed by atoms with Gasteiger partial charge in [-0.3, -0.25) is 9.78 Å². The van der Waals surface area contributed by atoms with Gasteiger partial charge in [0.25, 0.3) is 0 Å². The molecule has 0 amide bonds. The van der Waals surface area contributed by atoms with Gasteiger partial charge in [0.05, 0.1) is 38.0 Å². The van der Waals surface area contributed by atoms with Gasteiger partial charge in [-0.05, 0) is 39.3 Å². The van der Waals surface area contributed by atoms with Gasteiger partial charge in [-0.1, -0.05) is 0 Å². The van der Waals surface area contributed by atoms with Gasteiger partial charge in [0.15, 0.2) is 0 Å². The summed E-state index contributed by atoms with van der Waals surface area (Å²) in [7, 11) is 2.38. The standard InChI is InChI=1S/C16H24BNO5/c1-15(2)16(3,4)23-17(22-15)13(8-14(19)21-6)11-7-12(20-5)10-18-9-11/h7,9-10,13H,8H2,1-6H3. The summed E-state index contributed by atoms with van der Waals surface area (Å²) in [4.78, 5) is 16.0. The monoisotopic (exact) mass is 321 g/mol. The van der Waals surface area contributed by atoms with Crippen LogP contribution in [0, 0.1) is 0 Å². The quantitative estimate of drug-likeness (QED) is 0.613. The molecule has 1 atom stereocenters. The number of hydrogen-bond acceptors (Lipinski definition) is 6. The molecular formula is C16H24BNO5. The Balaban J connectivity index is 2.33. The number of esters is 1. The van der Waals surface area contributed by atoms with Gasteiger partial charge in [-0.15, -0.1) is 0 Å². The third kappa shape index (κ3) is 3.67. The Morgan fingerprint density at radius 2 is 1.83 bits per heavy atom. The van der Waals surface area contributed by atoms with E-state index in [1.165, 1.54) is 7.11 Å². The van der Waals surface area contributed by atoms with Gasteiger partial charge in [-0.2, -0.15) is 0 Å². The van der Waals surface area contributed by atoms with Crippen LogP contribution in [0.3, 0.4) is 0 Å². The van der Waals surface area contributed by atoms with Crippen molar-refractivity contribution in [3.8, 4) is 5.75 Å². The predicted octanol–water partition coefficient (Wildman–Crippen LogP) is 2.37. The minimum absolute atomic E-state index is 0.141. The highest BCUT2D eigenvalue weighted by Crippen LogP contribution is 2.42. The number of carbonyl (C=O) groups is 1. The van der Waals surface area contributed by atoms with E-state index in [-0.39, 0.29) is 18.2 Å². The molecule has 1 aromatic rings. The average molecular weight is 321 g/mol. The smallest absolute Gasteiger partial charge is 0.466 e. The fourth-order valence-corrected chi connectivity index (χ4v) is 2.44. The zero-order valence-electron chi connectivity index (χ0n) is 14.6. The summed E-state index contributed by atoms with van der Waals surface area (Å²) in [5.74, 6) is -0.0347. The van der Waals surface area contributed by atoms with E-state index in [1.807, 2.05) is 33.8 Å². The van der Waals surface area contributed by atoms with Crippen molar-refractivity contribution in [1.29, 1.82) is 0 Å². The minimum atomic E-state index is -0.562. The SMILES string of the molecule is COC(=O)CC(B1OC(C)(C)C(C)(C)O1)c1cncc(OC)c1. The summed E-state index contributed by atoms with van der Waals surface area (Å²) in [5, 5.41) is 0. The first-order chi connectivity index (χ1) is 10.7. The predicted molar refractivity (Wildman–Crippen MR) is 86.2 cm³/mol. The van der Waals surface area contributed by atoms with E-state index in [2.05, 4.69) is 4.98 Å². The summed E-state index contributed by atoms with van der Waals surface area (Å²) in [6.45, 7) is 7.91. The molecule has 0 N–H and O–H groups in total. The fraction of sp³-hybridized carbons (Fsp3) is 0.625. The second-order valence-corrected chi connectivity index (χ2v) is 6.67. The maximum Gasteiger partial charge on any atom is 0.466 e. The molecule has 1 fully saturated rings. The molecule has 0 radical (unpaired) electrons. The van der Waals surface area contributed by atoms with E-state index in [4.69, 9.17) is 18.8 Å². The third-order valence-corrected chi connectivity index (χ3v) is 4.61. The van der Waals surface area contributed by atoms with E-state index in [1.54, 1.807) is 19.5 Å². The number of rotatable bonds is 5. The molecule has 126 valence electrons. The lowest BCUT2D eigenvalue weighted by molar-refractivity contribution is -0.140. The van der Waals surface area contributed by atoms with E-state index in [0.29, 0.717) is 5.75 Å². The molecule has 7 heteroatoms. The topological polar surface area (TPSA) is 66.9 Å². The van der Waals surface area contributed by atoms with E-state index in [0.717, 1.165) is 5.56 Å². The maximum atomic E-state index is 11.8. The Bertz CT molecular complexity index is 559. The average Bonchev–Trinajstić information content (AvgIpc) is 2.72. The summed E-state index contributed by atoms with van der Waals surface area (Å²) >= 11 is 0. The van der Waals surface area contributed by atoms with Crippen LogP contribution in [-0.2, 0) is 18.8 Å². The van der Waals surface area contributed by atoms with E-state index >= 15 is 0 Å². The summed E-state index contributed by atoms with van der Waals surface area (Å²) < 4.78 is 22.2. The molecule has 2 heterocycles. The van der Waals surface area contributed by atoms with Crippen molar-refractivity contribution >= 4 is 13.1 Å². The van der Waals surface area contributed by atoms with Crippen LogP contribution in [-0.4, -0.2) is 43.5 Å². The Morgan fingerprint density at radius 1 is 1.22 bits per heavy atom. The zero-order chi connectivity index (χ0) is 17.3. The van der Waals surface area contributed by atoms with Crippen molar-refractivity contribution in [3.63, 3.8) is 0 Å². The molecule has 6 nitrogen and oxygen atoms in total. The van der Waals surface area contributed by atoms with Crippen molar-refractivity contribution in [2.45, 2.75) is 51.1 Å². The van der Waals surface area contributed by atoms with Crippen LogP contribution in [0.15, 0.2) is 18.5 Å². The van der Waals surface area contributed by atoms with Crippen molar-refractivity contribution in [3.05, 3.63) is 24.0 Å². The first-order valence-electron chi connectivity index (χ1n) is 7.61. The molecule has 0 aromatic carbocycles. The Kier molecular flexibility index (Phi) is 5.01. The van der Waals surface area contributed by atoms with Gasteiger partial charge >= 0.3 is 13.1 Å². The highest BCUT2D eigenvalue weighted by Gasteiger charge is 2.54. The molecule has 1 aliphatic rings. The summed E-state index contributed by atoms with van der Waals surface area (Å²) in [6, 6.07) is 1.84. The molecule has 0 aliphatic carbocycles. The Labute approximate surface area is 137 Å². The molecule has 1 aliphatic heterocycles. The molecule has 2 rings (SSSR count). The number of hydrogen-bond donors (Lipinski definition) is 0. The van der Waals surface area contributed by atoms with Crippen LogP contribution in [0.4, 0.5) is 0 Å². The molecule has 1 saturated heterocycles.